The van der Waals surface area contributed by atoms with Crippen LogP contribution in [0.25, 0.3) is 0 Å². The Balaban J connectivity index is 1.91. The van der Waals surface area contributed by atoms with E-state index in [1.54, 1.807) is 0 Å². The van der Waals surface area contributed by atoms with Crippen LogP contribution in [-0.2, 0) is 19.0 Å². The number of carbonyl (C=O) groups excluding carboxylic acids is 3. The summed E-state index contributed by atoms with van der Waals surface area (Å²) in [6.45, 7) is 4.22. The number of methoxy groups -OCH3 is 2. The lowest BCUT2D eigenvalue weighted by Crippen LogP contribution is -2.37. The second kappa shape index (κ2) is 10.9. The number of esters is 2. The number of morpholine rings is 1. The van der Waals surface area contributed by atoms with E-state index in [0.717, 1.165) is 38.6 Å². The first-order valence-corrected chi connectivity index (χ1v) is 9.69. The summed E-state index contributed by atoms with van der Waals surface area (Å²) in [7, 11) is 2.52. The molecule has 1 heterocycles. The highest BCUT2D eigenvalue weighted by atomic mass is 32.2. The number of rotatable bonds is 8. The minimum atomic E-state index is -0.596. The van der Waals surface area contributed by atoms with Crippen LogP contribution in [0.1, 0.15) is 20.7 Å². The van der Waals surface area contributed by atoms with Crippen molar-refractivity contribution in [1.29, 1.82) is 0 Å². The molecule has 27 heavy (non-hydrogen) atoms. The quantitative estimate of drug-likeness (QED) is 0.519. The molecule has 1 amide bonds. The molecule has 1 aromatic carbocycles. The van der Waals surface area contributed by atoms with Crippen molar-refractivity contribution >= 4 is 35.3 Å². The summed E-state index contributed by atoms with van der Waals surface area (Å²) in [5.41, 5.74) is 0.640. The number of nitrogens with zero attached hydrogens (tertiary/aromatic N) is 1. The number of anilines is 1. The third-order valence-electron chi connectivity index (χ3n) is 4.01. The van der Waals surface area contributed by atoms with Crippen molar-refractivity contribution in [2.45, 2.75) is 0 Å². The number of hydrogen-bond donors (Lipinski definition) is 1. The van der Waals surface area contributed by atoms with Gasteiger partial charge in [0, 0.05) is 25.4 Å². The Kier molecular flexibility index (Phi) is 8.56. The van der Waals surface area contributed by atoms with Gasteiger partial charge in [-0.1, -0.05) is 0 Å². The molecule has 8 nitrogen and oxygen atoms in total. The van der Waals surface area contributed by atoms with Gasteiger partial charge in [0.05, 0.1) is 50.0 Å². The van der Waals surface area contributed by atoms with Crippen LogP contribution < -0.4 is 5.32 Å². The fraction of sp³-hybridized carbons (Fsp3) is 0.500. The smallest absolute Gasteiger partial charge is 0.339 e. The molecule has 1 N–H and O–H groups in total. The van der Waals surface area contributed by atoms with E-state index in [4.69, 9.17) is 9.47 Å². The van der Waals surface area contributed by atoms with E-state index >= 15 is 0 Å². The predicted molar refractivity (Wildman–Crippen MR) is 102 cm³/mol. The fourth-order valence-corrected chi connectivity index (χ4v) is 3.34. The number of amides is 1. The van der Waals surface area contributed by atoms with E-state index in [1.165, 1.54) is 44.2 Å². The highest BCUT2D eigenvalue weighted by Crippen LogP contribution is 2.20. The summed E-state index contributed by atoms with van der Waals surface area (Å²) in [6, 6.07) is 4.29. The first kappa shape index (κ1) is 21.2. The molecule has 1 saturated heterocycles. The first-order valence-electron chi connectivity index (χ1n) is 8.53. The summed E-state index contributed by atoms with van der Waals surface area (Å²) in [5, 5.41) is 2.68. The maximum Gasteiger partial charge on any atom is 0.339 e. The molecule has 0 atom stereocenters. The van der Waals surface area contributed by atoms with Crippen molar-refractivity contribution in [1.82, 2.24) is 4.90 Å². The molecule has 0 saturated carbocycles. The fourth-order valence-electron chi connectivity index (χ4n) is 2.55. The molecule has 148 valence electrons. The topological polar surface area (TPSA) is 94.2 Å². The molecule has 1 fully saturated rings. The molecule has 0 bridgehead atoms. The number of benzene rings is 1. The van der Waals surface area contributed by atoms with Crippen LogP contribution in [-0.4, -0.2) is 81.3 Å². The van der Waals surface area contributed by atoms with Crippen LogP contribution in [0.2, 0.25) is 0 Å². The van der Waals surface area contributed by atoms with Crippen LogP contribution >= 0.6 is 11.8 Å². The van der Waals surface area contributed by atoms with E-state index in [0.29, 0.717) is 0 Å². The maximum atomic E-state index is 12.2. The van der Waals surface area contributed by atoms with Gasteiger partial charge < -0.3 is 19.5 Å². The van der Waals surface area contributed by atoms with Gasteiger partial charge in [-0.2, -0.15) is 11.8 Å². The maximum absolute atomic E-state index is 12.2. The van der Waals surface area contributed by atoms with Crippen LogP contribution in [0.15, 0.2) is 18.2 Å². The molecule has 1 aliphatic rings. The van der Waals surface area contributed by atoms with Crippen molar-refractivity contribution in [2.24, 2.45) is 0 Å². The average Bonchev–Trinajstić information content (AvgIpc) is 2.70. The summed E-state index contributed by atoms with van der Waals surface area (Å²) < 4.78 is 14.7. The minimum Gasteiger partial charge on any atom is -0.465 e. The zero-order chi connectivity index (χ0) is 19.6. The molecule has 0 unspecified atom stereocenters. The normalized spacial score (nSPS) is 14.4. The van der Waals surface area contributed by atoms with E-state index < -0.39 is 11.9 Å². The van der Waals surface area contributed by atoms with Gasteiger partial charge in [-0.05, 0) is 18.2 Å². The Morgan fingerprint density at radius 1 is 1.15 bits per heavy atom. The second-order valence-corrected chi connectivity index (χ2v) is 6.90. The van der Waals surface area contributed by atoms with Gasteiger partial charge in [-0.3, -0.25) is 9.69 Å². The van der Waals surface area contributed by atoms with Crippen molar-refractivity contribution in [3.63, 3.8) is 0 Å². The standard InChI is InChI=1S/C18H24N2O6S/c1-24-17(22)13-3-4-14(18(23)25-2)15(11-13)19-16(21)12-27-10-7-20-5-8-26-9-6-20/h3-4,11H,5-10,12H2,1-2H3,(H,19,21). The zero-order valence-electron chi connectivity index (χ0n) is 15.5. The lowest BCUT2D eigenvalue weighted by Gasteiger charge is -2.26. The van der Waals surface area contributed by atoms with E-state index in [-0.39, 0.29) is 28.5 Å². The highest BCUT2D eigenvalue weighted by Gasteiger charge is 2.17. The van der Waals surface area contributed by atoms with E-state index in [1.807, 2.05) is 0 Å². The Morgan fingerprint density at radius 3 is 2.52 bits per heavy atom. The molecular weight excluding hydrogens is 372 g/mol. The van der Waals surface area contributed by atoms with Crippen LogP contribution in [0, 0.1) is 0 Å². The molecule has 1 aromatic rings. The Morgan fingerprint density at radius 2 is 1.85 bits per heavy atom. The third kappa shape index (κ3) is 6.53. The van der Waals surface area contributed by atoms with Crippen LogP contribution in [0.3, 0.4) is 0 Å². The minimum absolute atomic E-state index is 0.178. The third-order valence-corrected chi connectivity index (χ3v) is 4.95. The van der Waals surface area contributed by atoms with Gasteiger partial charge >= 0.3 is 11.9 Å². The summed E-state index contributed by atoms with van der Waals surface area (Å²) in [5.74, 6) is -0.343. The van der Waals surface area contributed by atoms with Crippen molar-refractivity contribution in [2.75, 3.05) is 63.9 Å². The second-order valence-electron chi connectivity index (χ2n) is 5.80. The Hall–Kier alpha value is -2.10. The Labute approximate surface area is 162 Å². The summed E-state index contributed by atoms with van der Waals surface area (Å²) in [4.78, 5) is 38.1. The van der Waals surface area contributed by atoms with Gasteiger partial charge in [0.2, 0.25) is 5.91 Å². The largest absolute Gasteiger partial charge is 0.465 e. The number of hydrogen-bond acceptors (Lipinski definition) is 8. The predicted octanol–water partition coefficient (Wildman–Crippen LogP) is 1.26. The summed E-state index contributed by atoms with van der Waals surface area (Å²) >= 11 is 1.51. The van der Waals surface area contributed by atoms with Gasteiger partial charge in [0.15, 0.2) is 0 Å². The molecule has 2 rings (SSSR count). The molecule has 0 aromatic heterocycles. The number of thioether (sulfide) groups is 1. The zero-order valence-corrected chi connectivity index (χ0v) is 16.3. The monoisotopic (exact) mass is 396 g/mol. The van der Waals surface area contributed by atoms with E-state index in [2.05, 4.69) is 15.0 Å². The lowest BCUT2D eigenvalue weighted by molar-refractivity contribution is -0.113. The molecular formula is C18H24N2O6S. The highest BCUT2D eigenvalue weighted by molar-refractivity contribution is 7.99. The van der Waals surface area contributed by atoms with Crippen molar-refractivity contribution in [3.05, 3.63) is 29.3 Å². The van der Waals surface area contributed by atoms with Crippen LogP contribution in [0.4, 0.5) is 5.69 Å². The van der Waals surface area contributed by atoms with Crippen molar-refractivity contribution < 1.29 is 28.6 Å². The van der Waals surface area contributed by atoms with Crippen molar-refractivity contribution in [3.8, 4) is 0 Å². The molecule has 1 aliphatic heterocycles. The number of nitrogens with one attached hydrogen (secondary N) is 1. The molecule has 0 radical (unpaired) electrons. The molecule has 9 heteroatoms. The molecule has 0 aliphatic carbocycles. The SMILES string of the molecule is COC(=O)c1ccc(C(=O)OC)c(NC(=O)CSCCN2CCOCC2)c1. The van der Waals surface area contributed by atoms with E-state index in [9.17, 15) is 14.4 Å². The van der Waals surface area contributed by atoms with Crippen LogP contribution in [0.5, 0.6) is 0 Å². The number of carbonyl (C=O) groups is 3. The number of ether oxygens (including phenoxy) is 3. The first-order chi connectivity index (χ1) is 13.0. The van der Waals surface area contributed by atoms with Gasteiger partial charge in [-0.15, -0.1) is 0 Å². The summed E-state index contributed by atoms with van der Waals surface area (Å²) in [6.07, 6.45) is 0. The molecule has 0 spiro atoms. The van der Waals surface area contributed by atoms with Gasteiger partial charge in [-0.25, -0.2) is 9.59 Å². The van der Waals surface area contributed by atoms with Gasteiger partial charge in [0.1, 0.15) is 0 Å². The lowest BCUT2D eigenvalue weighted by atomic mass is 10.1. The Bertz CT molecular complexity index is 676. The average molecular weight is 396 g/mol. The van der Waals surface area contributed by atoms with Gasteiger partial charge in [0.25, 0.3) is 0 Å².